The third-order valence-electron chi connectivity index (χ3n) is 3.47. The second-order valence-electron chi connectivity index (χ2n) is 4.80. The maximum atomic E-state index is 4.31. The van der Waals surface area contributed by atoms with E-state index in [0.717, 1.165) is 33.4 Å². The molecule has 0 saturated carbocycles. The first-order valence-electron chi connectivity index (χ1n) is 6.86. The van der Waals surface area contributed by atoms with Crippen LogP contribution in [0.1, 0.15) is 11.1 Å². The van der Waals surface area contributed by atoms with Gasteiger partial charge in [-0.15, -0.1) is 0 Å². The van der Waals surface area contributed by atoms with E-state index in [-0.39, 0.29) is 0 Å². The molecule has 0 unspecified atom stereocenters. The van der Waals surface area contributed by atoms with Gasteiger partial charge in [-0.05, 0) is 29.3 Å². The molecule has 1 aromatic carbocycles. The van der Waals surface area contributed by atoms with Crippen molar-refractivity contribution in [3.63, 3.8) is 0 Å². The zero-order valence-electron chi connectivity index (χ0n) is 11.9. The highest BCUT2D eigenvalue weighted by Gasteiger charge is 2.07. The summed E-state index contributed by atoms with van der Waals surface area (Å²) in [6, 6.07) is 14.2. The fourth-order valence-electron chi connectivity index (χ4n) is 2.39. The van der Waals surface area contributed by atoms with Crippen molar-refractivity contribution in [1.29, 1.82) is 0 Å². The molecule has 3 nitrogen and oxygen atoms in total. The van der Waals surface area contributed by atoms with Crippen LogP contribution in [0, 0.1) is 0 Å². The maximum absolute atomic E-state index is 4.31. The number of nitrogens with one attached hydrogen (secondary N) is 2. The van der Waals surface area contributed by atoms with Crippen molar-refractivity contribution in [2.75, 3.05) is 7.05 Å². The third-order valence-corrected chi connectivity index (χ3v) is 3.47. The van der Waals surface area contributed by atoms with Gasteiger partial charge in [0.15, 0.2) is 0 Å². The van der Waals surface area contributed by atoms with Gasteiger partial charge in [-0.25, -0.2) is 4.98 Å². The number of pyridine rings is 1. The summed E-state index contributed by atoms with van der Waals surface area (Å²) < 4.78 is 0. The van der Waals surface area contributed by atoms with Crippen molar-refractivity contribution in [1.82, 2.24) is 15.3 Å². The van der Waals surface area contributed by atoms with Crippen LogP contribution in [0.15, 0.2) is 67.5 Å². The standard InChI is InChI=1S/C18H17N3/c1-13(11-17(19-2)14-7-4-3-5-8-14)16-12-21-18-15(16)9-6-10-20-18/h3-12,19H,1H2,2H3,(H,20,21)/b17-11-. The Balaban J connectivity index is 2.00. The maximum Gasteiger partial charge on any atom is 0.137 e. The number of aromatic nitrogens is 2. The fraction of sp³-hybridized carbons (Fsp3) is 0.0556. The van der Waals surface area contributed by atoms with Gasteiger partial charge in [-0.3, -0.25) is 0 Å². The van der Waals surface area contributed by atoms with Crippen LogP contribution in [-0.2, 0) is 0 Å². The molecule has 3 rings (SSSR count). The SMILES string of the molecule is C=C(/C=C(\NC)c1ccccc1)c1c[nH]c2ncccc12. The molecule has 3 heteroatoms. The number of rotatable bonds is 4. The molecule has 0 saturated heterocycles. The van der Waals surface area contributed by atoms with Gasteiger partial charge in [-0.2, -0.15) is 0 Å². The summed E-state index contributed by atoms with van der Waals surface area (Å²) in [6.07, 6.45) is 5.80. The third kappa shape index (κ3) is 2.58. The number of hydrogen-bond donors (Lipinski definition) is 2. The van der Waals surface area contributed by atoms with Crippen LogP contribution in [0.5, 0.6) is 0 Å². The lowest BCUT2D eigenvalue weighted by molar-refractivity contribution is 1.13. The van der Waals surface area contributed by atoms with Crippen LogP contribution < -0.4 is 5.32 Å². The topological polar surface area (TPSA) is 40.7 Å². The minimum absolute atomic E-state index is 0.882. The lowest BCUT2D eigenvalue weighted by Crippen LogP contribution is -2.04. The molecule has 3 aromatic rings. The predicted octanol–water partition coefficient (Wildman–Crippen LogP) is 3.84. The van der Waals surface area contributed by atoms with E-state index in [9.17, 15) is 0 Å². The molecule has 0 spiro atoms. The van der Waals surface area contributed by atoms with Crippen LogP contribution >= 0.6 is 0 Å². The molecular weight excluding hydrogens is 258 g/mol. The van der Waals surface area contributed by atoms with E-state index in [2.05, 4.69) is 46.1 Å². The molecule has 0 aliphatic heterocycles. The van der Waals surface area contributed by atoms with Gasteiger partial charge in [0.2, 0.25) is 0 Å². The van der Waals surface area contributed by atoms with Crippen LogP contribution in [-0.4, -0.2) is 17.0 Å². The molecule has 0 aliphatic rings. The highest BCUT2D eigenvalue weighted by Crippen LogP contribution is 2.25. The van der Waals surface area contributed by atoms with Crippen molar-refractivity contribution in [2.45, 2.75) is 0 Å². The van der Waals surface area contributed by atoms with Gasteiger partial charge in [-0.1, -0.05) is 36.9 Å². The smallest absolute Gasteiger partial charge is 0.137 e. The van der Waals surface area contributed by atoms with Gasteiger partial charge < -0.3 is 10.3 Å². The molecule has 104 valence electrons. The molecule has 0 radical (unpaired) electrons. The van der Waals surface area contributed by atoms with Crippen molar-refractivity contribution in [3.05, 3.63) is 78.6 Å². The zero-order valence-corrected chi connectivity index (χ0v) is 11.9. The Hall–Kier alpha value is -2.81. The average molecular weight is 275 g/mol. The molecule has 0 amide bonds. The zero-order chi connectivity index (χ0) is 14.7. The predicted molar refractivity (Wildman–Crippen MR) is 88.6 cm³/mol. The first-order chi connectivity index (χ1) is 10.3. The summed E-state index contributed by atoms with van der Waals surface area (Å²) >= 11 is 0. The van der Waals surface area contributed by atoms with Crippen LogP contribution in [0.25, 0.3) is 22.3 Å². The first kappa shape index (κ1) is 13.2. The first-order valence-corrected chi connectivity index (χ1v) is 6.86. The van der Waals surface area contributed by atoms with Crippen LogP contribution in [0.3, 0.4) is 0 Å². The van der Waals surface area contributed by atoms with Gasteiger partial charge in [0.1, 0.15) is 5.65 Å². The van der Waals surface area contributed by atoms with Crippen LogP contribution in [0.4, 0.5) is 0 Å². The normalized spacial score (nSPS) is 11.6. The molecule has 0 atom stereocenters. The second kappa shape index (κ2) is 5.67. The average Bonchev–Trinajstić information content (AvgIpc) is 2.97. The van der Waals surface area contributed by atoms with E-state index in [1.165, 1.54) is 0 Å². The highest BCUT2D eigenvalue weighted by molar-refractivity contribution is 5.95. The van der Waals surface area contributed by atoms with E-state index < -0.39 is 0 Å². The van der Waals surface area contributed by atoms with Crippen molar-refractivity contribution >= 4 is 22.3 Å². The molecule has 0 aliphatic carbocycles. The van der Waals surface area contributed by atoms with E-state index in [1.807, 2.05) is 37.5 Å². The minimum atomic E-state index is 0.882. The summed E-state index contributed by atoms with van der Waals surface area (Å²) in [5, 5.41) is 4.32. The van der Waals surface area contributed by atoms with Crippen molar-refractivity contribution in [2.24, 2.45) is 0 Å². The van der Waals surface area contributed by atoms with E-state index >= 15 is 0 Å². The summed E-state index contributed by atoms with van der Waals surface area (Å²) in [5.74, 6) is 0. The number of aromatic amines is 1. The van der Waals surface area contributed by atoms with Crippen molar-refractivity contribution in [3.8, 4) is 0 Å². The van der Waals surface area contributed by atoms with Crippen LogP contribution in [0.2, 0.25) is 0 Å². The van der Waals surface area contributed by atoms with Gasteiger partial charge in [0.05, 0.1) is 0 Å². The molecule has 21 heavy (non-hydrogen) atoms. The van der Waals surface area contributed by atoms with Gasteiger partial charge in [0, 0.05) is 36.1 Å². The quantitative estimate of drug-likeness (QED) is 0.710. The molecule has 0 bridgehead atoms. The molecule has 2 heterocycles. The molecular formula is C18H17N3. The van der Waals surface area contributed by atoms with Gasteiger partial charge in [0.25, 0.3) is 0 Å². The number of benzene rings is 1. The Morgan fingerprint density at radius 3 is 2.76 bits per heavy atom. The number of H-pyrrole nitrogens is 1. The number of allylic oxidation sites excluding steroid dienone is 2. The highest BCUT2D eigenvalue weighted by atomic mass is 14.8. The largest absolute Gasteiger partial charge is 0.388 e. The Bertz CT molecular complexity index is 797. The summed E-state index contributed by atoms with van der Waals surface area (Å²) in [4.78, 5) is 7.49. The van der Waals surface area contributed by atoms with Gasteiger partial charge >= 0.3 is 0 Å². The molecule has 0 fully saturated rings. The number of fused-ring (bicyclic) bond motifs is 1. The van der Waals surface area contributed by atoms with Crippen molar-refractivity contribution < 1.29 is 0 Å². The Kier molecular flexibility index (Phi) is 3.56. The summed E-state index contributed by atoms with van der Waals surface area (Å²) in [5.41, 5.74) is 5.08. The lowest BCUT2D eigenvalue weighted by atomic mass is 10.0. The van der Waals surface area contributed by atoms with E-state index in [1.54, 1.807) is 6.20 Å². The summed E-state index contributed by atoms with van der Waals surface area (Å²) in [6.45, 7) is 4.20. The molecule has 2 N–H and O–H groups in total. The molecule has 2 aromatic heterocycles. The Morgan fingerprint density at radius 2 is 2.00 bits per heavy atom. The van der Waals surface area contributed by atoms with E-state index in [0.29, 0.717) is 0 Å². The summed E-state index contributed by atoms with van der Waals surface area (Å²) in [7, 11) is 1.92. The number of nitrogens with zero attached hydrogens (tertiary/aromatic N) is 1. The fourth-order valence-corrected chi connectivity index (χ4v) is 2.39. The Morgan fingerprint density at radius 1 is 1.19 bits per heavy atom. The number of hydrogen-bond acceptors (Lipinski definition) is 2. The minimum Gasteiger partial charge on any atom is -0.388 e. The monoisotopic (exact) mass is 275 g/mol. The van der Waals surface area contributed by atoms with E-state index in [4.69, 9.17) is 0 Å². The Labute approximate surface area is 124 Å². The second-order valence-corrected chi connectivity index (χ2v) is 4.80. The lowest BCUT2D eigenvalue weighted by Gasteiger charge is -2.08.